The fourth-order valence-corrected chi connectivity index (χ4v) is 3.90. The summed E-state index contributed by atoms with van der Waals surface area (Å²) in [6.07, 6.45) is -6.38. The fourth-order valence-electron chi connectivity index (χ4n) is 3.90. The summed E-state index contributed by atoms with van der Waals surface area (Å²) < 4.78 is 126. The molecule has 0 N–H and O–H groups in total. The van der Waals surface area contributed by atoms with Crippen LogP contribution in [0.15, 0.2) is 0 Å². The maximum absolute atomic E-state index is 13.6. The molecule has 0 saturated heterocycles. The van der Waals surface area contributed by atoms with Crippen LogP contribution in [0.2, 0.25) is 0 Å². The number of esters is 2. The van der Waals surface area contributed by atoms with Crippen molar-refractivity contribution >= 4 is 11.9 Å². The van der Waals surface area contributed by atoms with Gasteiger partial charge in [0.2, 0.25) is 0 Å². The van der Waals surface area contributed by atoms with E-state index in [9.17, 15) is 49.1 Å². The number of alkyl halides is 9. The molecule has 2 aliphatic rings. The summed E-state index contributed by atoms with van der Waals surface area (Å²) in [6, 6.07) is 0. The molecule has 2 saturated carbocycles. The van der Waals surface area contributed by atoms with E-state index in [0.717, 1.165) is 0 Å². The Kier molecular flexibility index (Phi) is 6.86. The third kappa shape index (κ3) is 4.52. The van der Waals surface area contributed by atoms with E-state index in [1.807, 2.05) is 0 Å². The first-order valence-electron chi connectivity index (χ1n) is 9.86. The molecule has 0 aromatic heterocycles. The predicted molar refractivity (Wildman–Crippen MR) is 90.1 cm³/mol. The van der Waals surface area contributed by atoms with Gasteiger partial charge in [-0.15, -0.1) is 0 Å². The van der Waals surface area contributed by atoms with Crippen molar-refractivity contribution in [2.24, 2.45) is 23.2 Å². The first-order valence-corrected chi connectivity index (χ1v) is 9.86. The van der Waals surface area contributed by atoms with Crippen molar-refractivity contribution in [2.75, 3.05) is 6.61 Å². The molecule has 0 heterocycles. The molecule has 2 bridgehead atoms. The summed E-state index contributed by atoms with van der Waals surface area (Å²) in [5, 5.41) is 0. The maximum Gasteiger partial charge on any atom is 0.460 e. The van der Waals surface area contributed by atoms with E-state index in [1.165, 1.54) is 0 Å². The zero-order valence-electron chi connectivity index (χ0n) is 17.4. The van der Waals surface area contributed by atoms with Crippen molar-refractivity contribution in [3.05, 3.63) is 0 Å². The van der Waals surface area contributed by atoms with Gasteiger partial charge >= 0.3 is 35.9 Å². The number of halogens is 9. The molecule has 2 rings (SSSR count). The van der Waals surface area contributed by atoms with Crippen molar-refractivity contribution in [1.82, 2.24) is 0 Å². The Labute approximate surface area is 177 Å². The fraction of sp³-hybridized carbons (Fsp3) is 0.895. The van der Waals surface area contributed by atoms with Gasteiger partial charge in [0.25, 0.3) is 0 Å². The average Bonchev–Trinajstić information content (AvgIpc) is 3.25. The van der Waals surface area contributed by atoms with E-state index >= 15 is 0 Å². The third-order valence-corrected chi connectivity index (χ3v) is 6.36. The molecule has 186 valence electrons. The summed E-state index contributed by atoms with van der Waals surface area (Å²) in [5.41, 5.74) is -0.824. The van der Waals surface area contributed by atoms with Crippen molar-refractivity contribution in [3.8, 4) is 0 Å². The number of ether oxygens (including phenoxy) is 2. The Bertz CT molecular complexity index is 733. The Hall–Kier alpha value is -1.69. The Morgan fingerprint density at radius 2 is 1.44 bits per heavy atom. The lowest BCUT2D eigenvalue weighted by Gasteiger charge is -2.34. The molecule has 13 heteroatoms. The standard InChI is InChI=1S/C19H23F9O4/c1-4-15(2,3)14(30)32-12-7-9-5-10(12)11(6-9)13(29)31-8-16(20,21)17(22,23)18(24,25)19(26,27)28/h9-12H,4-8H2,1-3H3. The molecule has 4 atom stereocenters. The van der Waals surface area contributed by atoms with E-state index < -0.39 is 65.8 Å². The van der Waals surface area contributed by atoms with Gasteiger partial charge in [0.05, 0.1) is 11.3 Å². The molecule has 32 heavy (non-hydrogen) atoms. The summed E-state index contributed by atoms with van der Waals surface area (Å²) in [6.45, 7) is 2.35. The van der Waals surface area contributed by atoms with E-state index in [1.54, 1.807) is 20.8 Å². The predicted octanol–water partition coefficient (Wildman–Crippen LogP) is 5.39. The molecule has 4 unspecified atom stereocenters. The largest absolute Gasteiger partial charge is 0.462 e. The molecule has 0 aliphatic heterocycles. The molecule has 0 aromatic rings. The number of fused-ring (bicyclic) bond motifs is 2. The van der Waals surface area contributed by atoms with Crippen LogP contribution in [0.1, 0.15) is 46.5 Å². The maximum atomic E-state index is 13.6. The van der Waals surface area contributed by atoms with Crippen LogP contribution in [0, 0.1) is 23.2 Å². The summed E-state index contributed by atoms with van der Waals surface area (Å²) in [7, 11) is 0. The molecule has 0 radical (unpaired) electrons. The van der Waals surface area contributed by atoms with Crippen LogP contribution in [-0.4, -0.2) is 48.6 Å². The van der Waals surface area contributed by atoms with Gasteiger partial charge in [-0.05, 0) is 45.4 Å². The van der Waals surface area contributed by atoms with Crippen LogP contribution < -0.4 is 0 Å². The minimum absolute atomic E-state index is 0.107. The highest BCUT2D eigenvalue weighted by atomic mass is 19.4. The topological polar surface area (TPSA) is 52.6 Å². The van der Waals surface area contributed by atoms with Gasteiger partial charge in [-0.2, -0.15) is 39.5 Å². The number of carbonyl (C=O) groups is 2. The van der Waals surface area contributed by atoms with Gasteiger partial charge in [-0.25, -0.2) is 0 Å². The first kappa shape index (κ1) is 26.6. The molecule has 0 amide bonds. The number of hydrogen-bond acceptors (Lipinski definition) is 4. The lowest BCUT2D eigenvalue weighted by molar-refractivity contribution is -0.399. The average molecular weight is 486 g/mol. The van der Waals surface area contributed by atoms with Gasteiger partial charge < -0.3 is 9.47 Å². The zero-order chi connectivity index (χ0) is 24.9. The van der Waals surface area contributed by atoms with Crippen LogP contribution >= 0.6 is 0 Å². The summed E-state index contributed by atoms with van der Waals surface area (Å²) in [4.78, 5) is 24.5. The second-order valence-corrected chi connectivity index (χ2v) is 8.98. The monoisotopic (exact) mass is 486 g/mol. The molecule has 0 spiro atoms. The molecular formula is C19H23F9O4. The van der Waals surface area contributed by atoms with E-state index in [2.05, 4.69) is 4.74 Å². The van der Waals surface area contributed by atoms with Crippen molar-refractivity contribution in [2.45, 2.75) is 76.5 Å². The molecule has 2 fully saturated rings. The normalized spacial score (nSPS) is 26.9. The molecule has 0 aromatic carbocycles. The van der Waals surface area contributed by atoms with Crippen LogP contribution in [-0.2, 0) is 19.1 Å². The van der Waals surface area contributed by atoms with Crippen molar-refractivity contribution in [3.63, 3.8) is 0 Å². The van der Waals surface area contributed by atoms with E-state index in [4.69, 9.17) is 4.74 Å². The van der Waals surface area contributed by atoms with E-state index in [0.29, 0.717) is 19.3 Å². The van der Waals surface area contributed by atoms with Gasteiger partial charge in [0.15, 0.2) is 6.61 Å². The van der Waals surface area contributed by atoms with Crippen LogP contribution in [0.4, 0.5) is 39.5 Å². The van der Waals surface area contributed by atoms with E-state index in [-0.39, 0.29) is 12.3 Å². The zero-order valence-corrected chi connectivity index (χ0v) is 17.4. The number of rotatable bonds is 8. The third-order valence-electron chi connectivity index (χ3n) is 6.36. The highest BCUT2D eigenvalue weighted by Crippen LogP contribution is 2.54. The SMILES string of the molecule is CCC(C)(C)C(=O)OC1CC2CC(C(=O)OCC(F)(F)C(F)(F)C(F)(F)C(F)(F)F)C1C2. The summed E-state index contributed by atoms with van der Waals surface area (Å²) >= 11 is 0. The second-order valence-electron chi connectivity index (χ2n) is 8.98. The number of carbonyl (C=O) groups excluding carboxylic acids is 2. The highest BCUT2D eigenvalue weighted by Gasteiger charge is 2.82. The molecule has 4 nitrogen and oxygen atoms in total. The smallest absolute Gasteiger partial charge is 0.460 e. The number of hydrogen-bond donors (Lipinski definition) is 0. The quantitative estimate of drug-likeness (QED) is 0.341. The highest BCUT2D eigenvalue weighted by molar-refractivity contribution is 5.76. The lowest BCUT2D eigenvalue weighted by atomic mass is 9.86. The van der Waals surface area contributed by atoms with Crippen molar-refractivity contribution < 1.29 is 58.6 Å². The van der Waals surface area contributed by atoms with Gasteiger partial charge in [0.1, 0.15) is 6.10 Å². The molecular weight excluding hydrogens is 463 g/mol. The molecule has 2 aliphatic carbocycles. The second kappa shape index (κ2) is 8.27. The first-order chi connectivity index (χ1) is 14.3. The van der Waals surface area contributed by atoms with Crippen molar-refractivity contribution in [1.29, 1.82) is 0 Å². The minimum Gasteiger partial charge on any atom is -0.462 e. The summed E-state index contributed by atoms with van der Waals surface area (Å²) in [5.74, 6) is -23.8. The van der Waals surface area contributed by atoms with Crippen LogP contribution in [0.5, 0.6) is 0 Å². The lowest BCUT2D eigenvalue weighted by Crippen LogP contribution is -2.62. The van der Waals surface area contributed by atoms with Crippen LogP contribution in [0.25, 0.3) is 0 Å². The minimum atomic E-state index is -7.05. The van der Waals surface area contributed by atoms with Gasteiger partial charge in [-0.3, -0.25) is 9.59 Å². The Balaban J connectivity index is 2.05. The van der Waals surface area contributed by atoms with Gasteiger partial charge in [0, 0.05) is 5.92 Å². The Morgan fingerprint density at radius 1 is 0.875 bits per heavy atom. The van der Waals surface area contributed by atoms with Gasteiger partial charge in [-0.1, -0.05) is 6.92 Å². The van der Waals surface area contributed by atoms with Crippen LogP contribution in [0.3, 0.4) is 0 Å². The Morgan fingerprint density at radius 3 is 1.91 bits per heavy atom.